The first kappa shape index (κ1) is 18.6. The van der Waals surface area contributed by atoms with Gasteiger partial charge in [0.25, 0.3) is 0 Å². The van der Waals surface area contributed by atoms with Crippen molar-refractivity contribution in [3.8, 4) is 0 Å². The van der Waals surface area contributed by atoms with Crippen LogP contribution in [0.4, 0.5) is 0 Å². The first-order valence-electron chi connectivity index (χ1n) is 9.25. The zero-order valence-electron chi connectivity index (χ0n) is 15.4. The second-order valence-electron chi connectivity index (χ2n) is 6.49. The number of rotatable bonds is 7. The Morgan fingerprint density at radius 3 is 2.00 bits per heavy atom. The molecule has 1 fully saturated rings. The van der Waals surface area contributed by atoms with E-state index in [1.54, 1.807) is 6.92 Å². The van der Waals surface area contributed by atoms with Gasteiger partial charge in [0.15, 0.2) is 5.79 Å². The minimum atomic E-state index is -0.966. The normalized spacial score (nSPS) is 21.5. The van der Waals surface area contributed by atoms with Crippen molar-refractivity contribution in [2.45, 2.75) is 44.5 Å². The van der Waals surface area contributed by atoms with E-state index in [2.05, 4.69) is 24.3 Å². The van der Waals surface area contributed by atoms with Gasteiger partial charge in [0.2, 0.25) is 0 Å². The SMILES string of the molecule is CCOC(=O)CC1(OCC)CCC(c2ccccc2)(c2ccccc2)O1. The van der Waals surface area contributed by atoms with Crippen molar-refractivity contribution in [3.63, 3.8) is 0 Å². The number of hydrogen-bond donors (Lipinski definition) is 0. The number of esters is 1. The largest absolute Gasteiger partial charge is 0.466 e. The van der Waals surface area contributed by atoms with Gasteiger partial charge in [0.1, 0.15) is 5.60 Å². The summed E-state index contributed by atoms with van der Waals surface area (Å²) in [6.07, 6.45) is 1.46. The molecule has 4 heteroatoms. The van der Waals surface area contributed by atoms with Crippen molar-refractivity contribution < 1.29 is 19.0 Å². The maximum atomic E-state index is 12.2. The van der Waals surface area contributed by atoms with Crippen LogP contribution in [-0.2, 0) is 24.6 Å². The topological polar surface area (TPSA) is 44.8 Å². The maximum Gasteiger partial charge on any atom is 0.311 e. The Hall–Kier alpha value is -2.17. The lowest BCUT2D eigenvalue weighted by molar-refractivity contribution is -0.249. The van der Waals surface area contributed by atoms with Crippen molar-refractivity contribution in [3.05, 3.63) is 71.8 Å². The van der Waals surface area contributed by atoms with Crippen LogP contribution in [0, 0.1) is 0 Å². The molecule has 1 heterocycles. The Labute approximate surface area is 155 Å². The third-order valence-corrected chi connectivity index (χ3v) is 4.82. The maximum absolute atomic E-state index is 12.2. The van der Waals surface area contributed by atoms with E-state index in [1.165, 1.54) is 0 Å². The number of benzene rings is 2. The molecule has 0 N–H and O–H groups in total. The second kappa shape index (κ2) is 8.02. The third kappa shape index (κ3) is 3.67. The fourth-order valence-electron chi connectivity index (χ4n) is 3.75. The first-order valence-corrected chi connectivity index (χ1v) is 9.25. The van der Waals surface area contributed by atoms with E-state index in [-0.39, 0.29) is 12.4 Å². The Balaban J connectivity index is 2.00. The monoisotopic (exact) mass is 354 g/mol. The molecule has 138 valence electrons. The lowest BCUT2D eigenvalue weighted by Gasteiger charge is -2.35. The molecule has 0 amide bonds. The summed E-state index contributed by atoms with van der Waals surface area (Å²) in [5.74, 6) is -1.26. The number of hydrogen-bond acceptors (Lipinski definition) is 4. The summed E-state index contributed by atoms with van der Waals surface area (Å²) in [6.45, 7) is 4.54. The van der Waals surface area contributed by atoms with Crippen molar-refractivity contribution >= 4 is 5.97 Å². The zero-order chi connectivity index (χ0) is 18.5. The predicted octanol–water partition coefficient (Wildman–Crippen LogP) is 4.43. The van der Waals surface area contributed by atoms with E-state index in [4.69, 9.17) is 14.2 Å². The Morgan fingerprint density at radius 1 is 0.923 bits per heavy atom. The minimum absolute atomic E-state index is 0.0934. The van der Waals surface area contributed by atoms with Gasteiger partial charge >= 0.3 is 5.97 Å². The second-order valence-corrected chi connectivity index (χ2v) is 6.49. The van der Waals surface area contributed by atoms with Crippen molar-refractivity contribution in [2.75, 3.05) is 13.2 Å². The summed E-state index contributed by atoms with van der Waals surface area (Å²) in [4.78, 5) is 12.2. The molecule has 0 spiro atoms. The van der Waals surface area contributed by atoms with Crippen LogP contribution < -0.4 is 0 Å². The molecular weight excluding hydrogens is 328 g/mol. The molecule has 1 unspecified atom stereocenters. The van der Waals surface area contributed by atoms with Gasteiger partial charge < -0.3 is 14.2 Å². The molecule has 2 aromatic rings. The van der Waals surface area contributed by atoms with Crippen LogP contribution in [-0.4, -0.2) is 25.0 Å². The fraction of sp³-hybridized carbons (Fsp3) is 0.409. The molecule has 1 saturated heterocycles. The quantitative estimate of drug-likeness (QED) is 0.690. The van der Waals surface area contributed by atoms with Crippen molar-refractivity contribution in [1.29, 1.82) is 0 Å². The molecule has 0 saturated carbocycles. The van der Waals surface area contributed by atoms with Gasteiger partial charge in [-0.1, -0.05) is 60.7 Å². The van der Waals surface area contributed by atoms with Crippen LogP contribution >= 0.6 is 0 Å². The fourth-order valence-corrected chi connectivity index (χ4v) is 3.75. The smallest absolute Gasteiger partial charge is 0.311 e. The Bertz CT molecular complexity index is 674. The first-order chi connectivity index (χ1) is 12.6. The van der Waals surface area contributed by atoms with Crippen LogP contribution in [0.3, 0.4) is 0 Å². The molecule has 0 bridgehead atoms. The highest BCUT2D eigenvalue weighted by Gasteiger charge is 2.53. The van der Waals surface area contributed by atoms with E-state index in [0.717, 1.165) is 17.5 Å². The summed E-state index contributed by atoms with van der Waals surface area (Å²) in [7, 11) is 0. The van der Waals surface area contributed by atoms with Gasteiger partial charge in [-0.3, -0.25) is 4.79 Å². The third-order valence-electron chi connectivity index (χ3n) is 4.82. The van der Waals surface area contributed by atoms with Crippen LogP contribution in [0.1, 0.15) is 44.2 Å². The van der Waals surface area contributed by atoms with E-state index in [9.17, 15) is 4.79 Å². The molecule has 0 aliphatic carbocycles. The van der Waals surface area contributed by atoms with Gasteiger partial charge in [-0.2, -0.15) is 0 Å². The summed E-state index contributed by atoms with van der Waals surface area (Å²) >= 11 is 0. The van der Waals surface area contributed by atoms with Gasteiger partial charge in [-0.05, 0) is 31.4 Å². The summed E-state index contributed by atoms with van der Waals surface area (Å²) in [6, 6.07) is 20.3. The average molecular weight is 354 g/mol. The number of ether oxygens (including phenoxy) is 3. The van der Waals surface area contributed by atoms with Gasteiger partial charge in [-0.25, -0.2) is 0 Å². The van der Waals surface area contributed by atoms with Crippen LogP contribution in [0.5, 0.6) is 0 Å². The highest BCUT2D eigenvalue weighted by atomic mass is 16.7. The summed E-state index contributed by atoms with van der Waals surface area (Å²) in [5, 5.41) is 0. The lowest BCUT2D eigenvalue weighted by Crippen LogP contribution is -2.39. The van der Waals surface area contributed by atoms with Crippen molar-refractivity contribution in [2.24, 2.45) is 0 Å². The molecule has 1 atom stereocenters. The molecule has 4 nitrogen and oxygen atoms in total. The lowest BCUT2D eigenvalue weighted by atomic mass is 9.84. The zero-order valence-corrected chi connectivity index (χ0v) is 15.4. The Morgan fingerprint density at radius 2 is 1.50 bits per heavy atom. The number of carbonyl (C=O) groups excluding carboxylic acids is 1. The minimum Gasteiger partial charge on any atom is -0.466 e. The van der Waals surface area contributed by atoms with Crippen LogP contribution in [0.25, 0.3) is 0 Å². The molecule has 1 aliphatic heterocycles. The van der Waals surface area contributed by atoms with Crippen LogP contribution in [0.15, 0.2) is 60.7 Å². The molecule has 3 rings (SSSR count). The van der Waals surface area contributed by atoms with E-state index in [0.29, 0.717) is 19.6 Å². The molecule has 2 aromatic carbocycles. The summed E-state index contributed by atoms with van der Waals surface area (Å²) < 4.78 is 17.8. The molecule has 0 radical (unpaired) electrons. The summed E-state index contributed by atoms with van der Waals surface area (Å²) in [5.41, 5.74) is 1.50. The van der Waals surface area contributed by atoms with Crippen molar-refractivity contribution in [1.82, 2.24) is 0 Å². The highest BCUT2D eigenvalue weighted by molar-refractivity contribution is 5.70. The average Bonchev–Trinajstić information content (AvgIpc) is 3.04. The van der Waals surface area contributed by atoms with Crippen LogP contribution in [0.2, 0.25) is 0 Å². The molecule has 1 aliphatic rings. The Kier molecular flexibility index (Phi) is 5.74. The molecule has 26 heavy (non-hydrogen) atoms. The molecule has 0 aromatic heterocycles. The van der Waals surface area contributed by atoms with E-state index >= 15 is 0 Å². The number of carbonyl (C=O) groups is 1. The highest BCUT2D eigenvalue weighted by Crippen LogP contribution is 2.50. The van der Waals surface area contributed by atoms with Gasteiger partial charge in [0.05, 0.1) is 13.0 Å². The van der Waals surface area contributed by atoms with E-state index in [1.807, 2.05) is 43.3 Å². The standard InChI is InChI=1S/C22H26O4/c1-3-24-20(23)17-21(25-4-2)15-16-22(26-21,18-11-7-5-8-12-18)19-13-9-6-10-14-19/h5-14H,3-4,15-17H2,1-2H3. The molecular formula is C22H26O4. The van der Waals surface area contributed by atoms with Gasteiger partial charge in [0, 0.05) is 13.0 Å². The van der Waals surface area contributed by atoms with Gasteiger partial charge in [-0.15, -0.1) is 0 Å². The predicted molar refractivity (Wildman–Crippen MR) is 99.6 cm³/mol. The van der Waals surface area contributed by atoms with E-state index < -0.39 is 11.4 Å².